The molecule has 0 radical (unpaired) electrons. The van der Waals surface area contributed by atoms with Crippen LogP contribution in [0.4, 0.5) is 11.4 Å². The topological polar surface area (TPSA) is 106 Å². The van der Waals surface area contributed by atoms with Gasteiger partial charge in [-0.1, -0.05) is 24.3 Å². The Kier molecular flexibility index (Phi) is 5.74. The molecule has 0 heterocycles. The number of nitro benzene ring substituents is 1. The van der Waals surface area contributed by atoms with Crippen molar-refractivity contribution in [1.82, 2.24) is 0 Å². The maximum absolute atomic E-state index is 12.7. The largest absolute Gasteiger partial charge is 0.326 e. The van der Waals surface area contributed by atoms with Crippen molar-refractivity contribution in [3.63, 3.8) is 0 Å². The van der Waals surface area contributed by atoms with Gasteiger partial charge in [-0.2, -0.15) is 0 Å². The predicted octanol–water partition coefficient (Wildman–Crippen LogP) is 3.92. The Balaban J connectivity index is 1.73. The molecule has 8 heteroatoms. The van der Waals surface area contributed by atoms with Crippen LogP contribution in [0, 0.1) is 17.0 Å². The van der Waals surface area contributed by atoms with E-state index in [9.17, 15) is 23.3 Å². The summed E-state index contributed by atoms with van der Waals surface area (Å²) in [6.45, 7) is 1.93. The number of nitrogens with one attached hydrogen (secondary N) is 1. The highest BCUT2D eigenvalue weighted by atomic mass is 32.2. The molecule has 7 nitrogen and oxygen atoms in total. The zero-order valence-corrected chi connectivity index (χ0v) is 16.3. The highest BCUT2D eigenvalue weighted by molar-refractivity contribution is 7.91. The van der Waals surface area contributed by atoms with Crippen LogP contribution in [0.5, 0.6) is 0 Å². The first-order valence-corrected chi connectivity index (χ1v) is 10.2. The summed E-state index contributed by atoms with van der Waals surface area (Å²) in [7, 11) is -3.82. The first-order chi connectivity index (χ1) is 13.8. The Labute approximate surface area is 168 Å². The molecule has 3 rings (SSSR count). The van der Waals surface area contributed by atoms with E-state index in [1.807, 2.05) is 31.2 Å². The lowest BCUT2D eigenvalue weighted by atomic mass is 10.1. The van der Waals surface area contributed by atoms with Crippen LogP contribution in [0.25, 0.3) is 0 Å². The second-order valence-electron chi connectivity index (χ2n) is 6.43. The first kappa shape index (κ1) is 20.2. The molecule has 0 aliphatic carbocycles. The molecule has 0 aliphatic rings. The number of sulfone groups is 1. The number of amides is 1. The van der Waals surface area contributed by atoms with Gasteiger partial charge in [0.05, 0.1) is 21.1 Å². The van der Waals surface area contributed by atoms with Gasteiger partial charge in [0.2, 0.25) is 15.7 Å². The van der Waals surface area contributed by atoms with E-state index in [2.05, 4.69) is 5.32 Å². The number of hydrogen-bond donors (Lipinski definition) is 1. The van der Waals surface area contributed by atoms with Gasteiger partial charge in [-0.3, -0.25) is 14.9 Å². The van der Waals surface area contributed by atoms with E-state index in [0.717, 1.165) is 23.3 Å². The molecule has 0 fully saturated rings. The average molecular weight is 410 g/mol. The van der Waals surface area contributed by atoms with Crippen molar-refractivity contribution in [1.29, 1.82) is 0 Å². The number of carbonyl (C=O) groups is 1. The fourth-order valence-electron chi connectivity index (χ4n) is 2.79. The number of nitro groups is 1. The van der Waals surface area contributed by atoms with Crippen molar-refractivity contribution < 1.29 is 18.1 Å². The molecule has 0 aliphatic heterocycles. The van der Waals surface area contributed by atoms with Crippen LogP contribution in [0.2, 0.25) is 0 Å². The summed E-state index contributed by atoms with van der Waals surface area (Å²) in [5, 5.41) is 13.5. The molecule has 0 atom stereocenters. The maximum Gasteiger partial charge on any atom is 0.269 e. The molecular weight excluding hydrogens is 392 g/mol. The lowest BCUT2D eigenvalue weighted by Crippen LogP contribution is -2.15. The molecule has 0 saturated carbocycles. The highest BCUT2D eigenvalue weighted by Gasteiger charge is 2.19. The lowest BCUT2D eigenvalue weighted by molar-refractivity contribution is -0.384. The number of aryl methyl sites for hydroxylation is 1. The van der Waals surface area contributed by atoms with E-state index in [-0.39, 0.29) is 27.8 Å². The molecule has 148 valence electrons. The van der Waals surface area contributed by atoms with Gasteiger partial charge in [0.1, 0.15) is 0 Å². The van der Waals surface area contributed by atoms with Crippen molar-refractivity contribution in [2.24, 2.45) is 0 Å². The summed E-state index contributed by atoms with van der Waals surface area (Å²) in [6.07, 6.45) is 0.218. The Morgan fingerprint density at radius 1 is 0.931 bits per heavy atom. The Morgan fingerprint density at radius 3 is 2.03 bits per heavy atom. The van der Waals surface area contributed by atoms with Crippen LogP contribution in [0.1, 0.15) is 11.1 Å². The minimum atomic E-state index is -3.82. The van der Waals surface area contributed by atoms with E-state index in [1.54, 1.807) is 0 Å². The third-order valence-electron chi connectivity index (χ3n) is 4.42. The summed E-state index contributed by atoms with van der Waals surface area (Å²) in [4.78, 5) is 22.3. The summed E-state index contributed by atoms with van der Waals surface area (Å²) in [5.41, 5.74) is 2.23. The molecule has 3 aromatic carbocycles. The Hall–Kier alpha value is -3.52. The molecule has 0 bridgehead atoms. The van der Waals surface area contributed by atoms with Crippen LogP contribution in [0.3, 0.4) is 0 Å². The fourth-order valence-corrected chi connectivity index (χ4v) is 4.05. The summed E-state index contributed by atoms with van der Waals surface area (Å²) in [5.74, 6) is -0.203. The van der Waals surface area contributed by atoms with Crippen LogP contribution in [-0.2, 0) is 21.1 Å². The van der Waals surface area contributed by atoms with Gasteiger partial charge in [-0.15, -0.1) is 0 Å². The van der Waals surface area contributed by atoms with Crippen LogP contribution < -0.4 is 5.32 Å². The minimum absolute atomic E-state index is 0.0308. The molecule has 0 spiro atoms. The summed E-state index contributed by atoms with van der Waals surface area (Å²) in [6, 6.07) is 18.1. The summed E-state index contributed by atoms with van der Waals surface area (Å²) < 4.78 is 25.3. The normalized spacial score (nSPS) is 11.1. The fraction of sp³-hybridized carbons (Fsp3) is 0.0952. The number of carbonyl (C=O) groups excluding carboxylic acids is 1. The number of nitrogens with zero attached hydrogens (tertiary/aromatic N) is 1. The van der Waals surface area contributed by atoms with Gasteiger partial charge in [-0.05, 0) is 54.4 Å². The summed E-state index contributed by atoms with van der Waals surface area (Å²) >= 11 is 0. The van der Waals surface area contributed by atoms with Crippen molar-refractivity contribution in [3.05, 3.63) is 94.0 Å². The minimum Gasteiger partial charge on any atom is -0.326 e. The van der Waals surface area contributed by atoms with E-state index in [1.165, 1.54) is 36.4 Å². The average Bonchev–Trinajstić information content (AvgIpc) is 2.70. The van der Waals surface area contributed by atoms with Gasteiger partial charge in [0, 0.05) is 17.8 Å². The molecule has 29 heavy (non-hydrogen) atoms. The zero-order chi connectivity index (χ0) is 21.0. The van der Waals surface area contributed by atoms with E-state index in [4.69, 9.17) is 0 Å². The smallest absolute Gasteiger partial charge is 0.269 e. The van der Waals surface area contributed by atoms with Crippen molar-refractivity contribution >= 4 is 27.1 Å². The SMILES string of the molecule is Cc1ccccc1CC(=O)Nc1ccc(S(=O)(=O)c2ccc([N+](=O)[O-])cc2)cc1. The standard InChI is InChI=1S/C21H18N2O5S/c1-15-4-2-3-5-16(15)14-21(24)22-17-6-10-19(11-7-17)29(27,28)20-12-8-18(9-13-20)23(25)26/h2-13H,14H2,1H3,(H,22,24). The van der Waals surface area contributed by atoms with Gasteiger partial charge in [0.25, 0.3) is 5.69 Å². The molecule has 0 unspecified atom stereocenters. The van der Waals surface area contributed by atoms with E-state index < -0.39 is 14.8 Å². The quantitative estimate of drug-likeness (QED) is 0.490. The van der Waals surface area contributed by atoms with E-state index >= 15 is 0 Å². The number of anilines is 1. The monoisotopic (exact) mass is 410 g/mol. The Bertz CT molecular complexity index is 1150. The van der Waals surface area contributed by atoms with Gasteiger partial charge >= 0.3 is 0 Å². The molecule has 1 amide bonds. The first-order valence-electron chi connectivity index (χ1n) is 8.71. The van der Waals surface area contributed by atoms with Crippen molar-refractivity contribution in [3.8, 4) is 0 Å². The number of non-ortho nitro benzene ring substituents is 1. The Morgan fingerprint density at radius 2 is 1.48 bits per heavy atom. The third-order valence-corrected chi connectivity index (χ3v) is 6.20. The van der Waals surface area contributed by atoms with Gasteiger partial charge in [-0.25, -0.2) is 8.42 Å². The number of benzene rings is 3. The highest BCUT2D eigenvalue weighted by Crippen LogP contribution is 2.24. The van der Waals surface area contributed by atoms with Crippen molar-refractivity contribution in [2.45, 2.75) is 23.1 Å². The van der Waals surface area contributed by atoms with E-state index in [0.29, 0.717) is 5.69 Å². The molecule has 0 aromatic heterocycles. The third kappa shape index (κ3) is 4.67. The molecular formula is C21H18N2O5S. The van der Waals surface area contributed by atoms with Crippen LogP contribution >= 0.6 is 0 Å². The second kappa shape index (κ2) is 8.24. The zero-order valence-electron chi connectivity index (χ0n) is 15.5. The van der Waals surface area contributed by atoms with Crippen molar-refractivity contribution in [2.75, 3.05) is 5.32 Å². The predicted molar refractivity (Wildman–Crippen MR) is 109 cm³/mol. The van der Waals surface area contributed by atoms with Crippen LogP contribution in [-0.4, -0.2) is 19.2 Å². The maximum atomic E-state index is 12.7. The van der Waals surface area contributed by atoms with Gasteiger partial charge in [0.15, 0.2) is 0 Å². The number of rotatable bonds is 6. The molecule has 3 aromatic rings. The van der Waals surface area contributed by atoms with Gasteiger partial charge < -0.3 is 5.32 Å². The number of hydrogen-bond acceptors (Lipinski definition) is 5. The molecule has 1 N–H and O–H groups in total. The molecule has 0 saturated heterocycles. The second-order valence-corrected chi connectivity index (χ2v) is 8.38. The van der Waals surface area contributed by atoms with Crippen LogP contribution in [0.15, 0.2) is 82.6 Å². The lowest BCUT2D eigenvalue weighted by Gasteiger charge is -2.09.